The second-order valence-electron chi connectivity index (χ2n) is 3.76. The maximum absolute atomic E-state index is 4.44. The Labute approximate surface area is 78.4 Å². The van der Waals surface area contributed by atoms with E-state index < -0.39 is 0 Å². The molecule has 1 aromatic heterocycles. The van der Waals surface area contributed by atoms with Crippen molar-refractivity contribution in [1.29, 1.82) is 0 Å². The molecule has 0 aliphatic heterocycles. The summed E-state index contributed by atoms with van der Waals surface area (Å²) in [5.74, 6) is 1.75. The monoisotopic (exact) mass is 177 g/mol. The molecule has 2 rings (SSSR count). The van der Waals surface area contributed by atoms with Crippen LogP contribution in [0.3, 0.4) is 0 Å². The van der Waals surface area contributed by atoms with E-state index in [9.17, 15) is 0 Å². The first kappa shape index (κ1) is 8.35. The van der Waals surface area contributed by atoms with Crippen LogP contribution in [0.2, 0.25) is 0 Å². The minimum atomic E-state index is 0.715. The van der Waals surface area contributed by atoms with Crippen molar-refractivity contribution in [2.75, 3.05) is 5.32 Å². The zero-order valence-corrected chi connectivity index (χ0v) is 8.17. The summed E-state index contributed by atoms with van der Waals surface area (Å²) in [6.45, 7) is 5.76. The quantitative estimate of drug-likeness (QED) is 0.767. The summed E-state index contributed by atoms with van der Waals surface area (Å²) in [6.07, 6.45) is 2.59. The lowest BCUT2D eigenvalue weighted by atomic mass is 10.3. The number of allylic oxidation sites excluding steroid dienone is 1. The summed E-state index contributed by atoms with van der Waals surface area (Å²) in [5.41, 5.74) is 2.16. The number of nitrogens with one attached hydrogen (secondary N) is 1. The Balaban J connectivity index is 2.19. The molecule has 1 saturated carbocycles. The average molecular weight is 177 g/mol. The number of hydrogen-bond donors (Lipinski definition) is 1. The standard InChI is InChI=1S/C10H15N3/c1-7(2)11-10-6-9(8-4-5-8)12-13(10)3/h6,8,11H,1,4-5H2,2-3H3. The molecule has 0 atom stereocenters. The van der Waals surface area contributed by atoms with E-state index in [1.165, 1.54) is 18.5 Å². The normalized spacial score (nSPS) is 15.8. The Morgan fingerprint density at radius 1 is 1.69 bits per heavy atom. The molecular weight excluding hydrogens is 162 g/mol. The molecule has 0 spiro atoms. The lowest BCUT2D eigenvalue weighted by Crippen LogP contribution is -2.01. The molecule has 0 unspecified atom stereocenters. The number of aromatic nitrogens is 2. The zero-order valence-electron chi connectivity index (χ0n) is 8.17. The lowest BCUT2D eigenvalue weighted by molar-refractivity contribution is 0.750. The van der Waals surface area contributed by atoms with Crippen LogP contribution >= 0.6 is 0 Å². The Morgan fingerprint density at radius 2 is 2.38 bits per heavy atom. The maximum Gasteiger partial charge on any atom is 0.128 e. The van der Waals surface area contributed by atoms with Gasteiger partial charge < -0.3 is 5.32 Å². The molecule has 3 nitrogen and oxygen atoms in total. The molecule has 0 bridgehead atoms. The molecule has 0 saturated heterocycles. The summed E-state index contributed by atoms with van der Waals surface area (Å²) in [4.78, 5) is 0. The Bertz CT molecular complexity index is 334. The van der Waals surface area contributed by atoms with Crippen LogP contribution in [-0.4, -0.2) is 9.78 Å². The minimum absolute atomic E-state index is 0.715. The smallest absolute Gasteiger partial charge is 0.128 e. The SMILES string of the molecule is C=C(C)Nc1cc(C2CC2)nn1C. The van der Waals surface area contributed by atoms with E-state index in [4.69, 9.17) is 0 Å². The fraction of sp³-hybridized carbons (Fsp3) is 0.500. The largest absolute Gasteiger partial charge is 0.345 e. The van der Waals surface area contributed by atoms with Gasteiger partial charge in [-0.25, -0.2) is 0 Å². The van der Waals surface area contributed by atoms with E-state index in [0.29, 0.717) is 5.92 Å². The molecule has 1 fully saturated rings. The molecule has 1 aromatic rings. The molecule has 0 aromatic carbocycles. The number of aryl methyl sites for hydroxylation is 1. The molecule has 1 heterocycles. The van der Waals surface area contributed by atoms with Crippen LogP contribution in [-0.2, 0) is 7.05 Å². The third-order valence-electron chi connectivity index (χ3n) is 2.24. The lowest BCUT2D eigenvalue weighted by Gasteiger charge is -2.03. The van der Waals surface area contributed by atoms with Crippen LogP contribution in [0.5, 0.6) is 0 Å². The molecule has 0 amide bonds. The second kappa shape index (κ2) is 2.91. The van der Waals surface area contributed by atoms with Crippen LogP contribution in [0.4, 0.5) is 5.82 Å². The zero-order chi connectivity index (χ0) is 9.42. The van der Waals surface area contributed by atoms with Gasteiger partial charge in [0.1, 0.15) is 5.82 Å². The number of hydrogen-bond acceptors (Lipinski definition) is 2. The van der Waals surface area contributed by atoms with Crippen LogP contribution in [0.25, 0.3) is 0 Å². The Hall–Kier alpha value is -1.25. The van der Waals surface area contributed by atoms with E-state index in [-0.39, 0.29) is 0 Å². The highest BCUT2D eigenvalue weighted by atomic mass is 15.3. The van der Waals surface area contributed by atoms with Crippen LogP contribution in [0, 0.1) is 0 Å². The van der Waals surface area contributed by atoms with Gasteiger partial charge in [-0.15, -0.1) is 0 Å². The van der Waals surface area contributed by atoms with Gasteiger partial charge in [0.25, 0.3) is 0 Å². The van der Waals surface area contributed by atoms with Gasteiger partial charge >= 0.3 is 0 Å². The fourth-order valence-corrected chi connectivity index (χ4v) is 1.40. The highest BCUT2D eigenvalue weighted by Crippen LogP contribution is 2.39. The molecule has 1 aliphatic rings. The van der Waals surface area contributed by atoms with Gasteiger partial charge in [-0.1, -0.05) is 6.58 Å². The van der Waals surface area contributed by atoms with E-state index in [1.807, 2.05) is 18.7 Å². The van der Waals surface area contributed by atoms with Gasteiger partial charge in [0.2, 0.25) is 0 Å². The van der Waals surface area contributed by atoms with Crippen molar-refractivity contribution in [1.82, 2.24) is 9.78 Å². The van der Waals surface area contributed by atoms with Gasteiger partial charge in [-0.2, -0.15) is 5.10 Å². The van der Waals surface area contributed by atoms with Crippen molar-refractivity contribution in [3.05, 3.63) is 24.0 Å². The van der Waals surface area contributed by atoms with Gasteiger partial charge in [0.15, 0.2) is 0 Å². The summed E-state index contributed by atoms with van der Waals surface area (Å²) >= 11 is 0. The average Bonchev–Trinajstić information content (AvgIpc) is 2.79. The van der Waals surface area contributed by atoms with E-state index in [2.05, 4.69) is 23.1 Å². The van der Waals surface area contributed by atoms with Gasteiger partial charge in [0.05, 0.1) is 5.69 Å². The van der Waals surface area contributed by atoms with E-state index >= 15 is 0 Å². The van der Waals surface area contributed by atoms with Crippen molar-refractivity contribution in [2.45, 2.75) is 25.7 Å². The summed E-state index contributed by atoms with van der Waals surface area (Å²) in [6, 6.07) is 2.12. The highest BCUT2D eigenvalue weighted by molar-refractivity contribution is 5.43. The van der Waals surface area contributed by atoms with E-state index in [0.717, 1.165) is 11.5 Å². The summed E-state index contributed by atoms with van der Waals surface area (Å²) in [7, 11) is 1.96. The Kier molecular flexibility index (Phi) is 1.87. The van der Waals surface area contributed by atoms with Crippen molar-refractivity contribution in [3.63, 3.8) is 0 Å². The van der Waals surface area contributed by atoms with Gasteiger partial charge in [-0.3, -0.25) is 4.68 Å². The second-order valence-corrected chi connectivity index (χ2v) is 3.76. The predicted octanol–water partition coefficient (Wildman–Crippen LogP) is 2.24. The molecule has 13 heavy (non-hydrogen) atoms. The molecule has 1 N–H and O–H groups in total. The van der Waals surface area contributed by atoms with Crippen molar-refractivity contribution in [2.24, 2.45) is 7.05 Å². The molecule has 1 aliphatic carbocycles. The van der Waals surface area contributed by atoms with Crippen LogP contribution in [0.1, 0.15) is 31.4 Å². The van der Waals surface area contributed by atoms with E-state index in [1.54, 1.807) is 0 Å². The molecule has 70 valence electrons. The third kappa shape index (κ3) is 1.74. The predicted molar refractivity (Wildman–Crippen MR) is 53.6 cm³/mol. The van der Waals surface area contributed by atoms with Crippen molar-refractivity contribution < 1.29 is 0 Å². The van der Waals surface area contributed by atoms with Crippen LogP contribution < -0.4 is 5.32 Å². The van der Waals surface area contributed by atoms with Crippen molar-refractivity contribution in [3.8, 4) is 0 Å². The number of nitrogens with zero attached hydrogens (tertiary/aromatic N) is 2. The van der Waals surface area contributed by atoms with Crippen molar-refractivity contribution >= 4 is 5.82 Å². The summed E-state index contributed by atoms with van der Waals surface area (Å²) in [5, 5.41) is 7.62. The molecule has 3 heteroatoms. The maximum atomic E-state index is 4.44. The molecule has 0 radical (unpaired) electrons. The summed E-state index contributed by atoms with van der Waals surface area (Å²) < 4.78 is 1.88. The first-order valence-electron chi connectivity index (χ1n) is 4.63. The Morgan fingerprint density at radius 3 is 2.92 bits per heavy atom. The topological polar surface area (TPSA) is 29.9 Å². The first-order valence-corrected chi connectivity index (χ1v) is 4.63. The number of anilines is 1. The van der Waals surface area contributed by atoms with Crippen LogP contribution in [0.15, 0.2) is 18.3 Å². The number of rotatable bonds is 3. The molecular formula is C10H15N3. The third-order valence-corrected chi connectivity index (χ3v) is 2.24. The highest BCUT2D eigenvalue weighted by Gasteiger charge is 2.26. The minimum Gasteiger partial charge on any atom is -0.345 e. The first-order chi connectivity index (χ1) is 6.16. The van der Waals surface area contributed by atoms with Gasteiger partial charge in [0, 0.05) is 24.7 Å². The fourth-order valence-electron chi connectivity index (χ4n) is 1.40. The van der Waals surface area contributed by atoms with Gasteiger partial charge in [-0.05, 0) is 19.8 Å².